The summed E-state index contributed by atoms with van der Waals surface area (Å²) in [5, 5.41) is 3.28. The van der Waals surface area contributed by atoms with E-state index < -0.39 is 28.5 Å². The first-order valence-electron chi connectivity index (χ1n) is 12.6. The van der Waals surface area contributed by atoms with Crippen LogP contribution in [-0.2, 0) is 26.2 Å². The first-order valence-corrected chi connectivity index (χ1v) is 15.2. The van der Waals surface area contributed by atoms with Gasteiger partial charge in [0.15, 0.2) is 0 Å². The van der Waals surface area contributed by atoms with Crippen molar-refractivity contribution in [2.75, 3.05) is 17.4 Å². The summed E-state index contributed by atoms with van der Waals surface area (Å²) in [5.74, 6) is -0.588. The Hall–Kier alpha value is -2.88. The SMILES string of the molecule is Cc1ccccc1N(CC(=O)N(Cc1cccc(Br)c1)[C@H](C)C(=O)NCC(C)C)S(=O)(=O)c1ccc(Cl)cc1. The second-order valence-corrected chi connectivity index (χ2v) is 12.9. The molecule has 1 atom stereocenters. The van der Waals surface area contributed by atoms with Gasteiger partial charge in [-0.1, -0.05) is 71.7 Å². The van der Waals surface area contributed by atoms with Gasteiger partial charge >= 0.3 is 0 Å². The quantitative estimate of drug-likeness (QED) is 0.289. The molecule has 3 rings (SSSR count). The van der Waals surface area contributed by atoms with Gasteiger partial charge in [0.2, 0.25) is 11.8 Å². The third-order valence-corrected chi connectivity index (χ3v) is 8.68. The minimum Gasteiger partial charge on any atom is -0.354 e. The van der Waals surface area contributed by atoms with E-state index in [4.69, 9.17) is 11.6 Å². The number of benzene rings is 3. The molecule has 3 aromatic carbocycles. The molecule has 208 valence electrons. The lowest BCUT2D eigenvalue weighted by Gasteiger charge is -2.32. The fourth-order valence-electron chi connectivity index (χ4n) is 3.96. The van der Waals surface area contributed by atoms with Crippen molar-refractivity contribution in [3.63, 3.8) is 0 Å². The Morgan fingerprint density at radius 3 is 2.26 bits per heavy atom. The lowest BCUT2D eigenvalue weighted by atomic mass is 10.1. The Morgan fingerprint density at radius 2 is 1.64 bits per heavy atom. The van der Waals surface area contributed by atoms with Crippen molar-refractivity contribution in [1.29, 1.82) is 0 Å². The van der Waals surface area contributed by atoms with Crippen LogP contribution in [0.2, 0.25) is 5.02 Å². The number of hydrogen-bond donors (Lipinski definition) is 1. The van der Waals surface area contributed by atoms with Crippen LogP contribution in [0, 0.1) is 12.8 Å². The molecule has 0 bridgehead atoms. The first kappa shape index (κ1) is 30.7. The predicted octanol–water partition coefficient (Wildman–Crippen LogP) is 5.80. The largest absolute Gasteiger partial charge is 0.354 e. The van der Waals surface area contributed by atoms with Crippen LogP contribution in [0.4, 0.5) is 5.69 Å². The Kier molecular flexibility index (Phi) is 10.6. The molecule has 0 fully saturated rings. The van der Waals surface area contributed by atoms with Gasteiger partial charge in [-0.15, -0.1) is 0 Å². The third kappa shape index (κ3) is 8.06. The van der Waals surface area contributed by atoms with Gasteiger partial charge in [0, 0.05) is 22.6 Å². The average molecular weight is 635 g/mol. The monoisotopic (exact) mass is 633 g/mol. The molecule has 2 amide bonds. The van der Waals surface area contributed by atoms with Crippen LogP contribution in [0.25, 0.3) is 0 Å². The molecule has 0 aliphatic heterocycles. The zero-order valence-corrected chi connectivity index (χ0v) is 25.6. The first-order chi connectivity index (χ1) is 18.4. The minimum atomic E-state index is -4.15. The molecular weight excluding hydrogens is 602 g/mol. The highest BCUT2D eigenvalue weighted by Crippen LogP contribution is 2.28. The topological polar surface area (TPSA) is 86.8 Å². The molecule has 7 nitrogen and oxygen atoms in total. The van der Waals surface area contributed by atoms with Crippen molar-refractivity contribution >= 4 is 55.1 Å². The molecule has 0 aliphatic rings. The van der Waals surface area contributed by atoms with Gasteiger partial charge < -0.3 is 10.2 Å². The Labute approximate surface area is 244 Å². The molecular formula is C29H33BrClN3O4S. The highest BCUT2D eigenvalue weighted by molar-refractivity contribution is 9.10. The predicted molar refractivity (Wildman–Crippen MR) is 159 cm³/mol. The standard InChI is InChI=1S/C29H33BrClN3O4S/c1-20(2)17-32-29(36)22(4)33(18-23-9-7-10-24(30)16-23)28(35)19-34(27-11-6-5-8-21(27)3)39(37,38)26-14-12-25(31)13-15-26/h5-16,20,22H,17-19H2,1-4H3,(H,32,36)/t22-/m1/s1. The lowest BCUT2D eigenvalue weighted by Crippen LogP contribution is -2.51. The summed E-state index contributed by atoms with van der Waals surface area (Å²) in [4.78, 5) is 28.4. The fourth-order valence-corrected chi connectivity index (χ4v) is 6.01. The van der Waals surface area contributed by atoms with Crippen LogP contribution >= 0.6 is 27.5 Å². The summed E-state index contributed by atoms with van der Waals surface area (Å²) >= 11 is 9.45. The summed E-state index contributed by atoms with van der Waals surface area (Å²) in [5.41, 5.74) is 1.86. The van der Waals surface area contributed by atoms with E-state index in [0.717, 1.165) is 14.3 Å². The number of anilines is 1. The number of sulfonamides is 1. The summed E-state index contributed by atoms with van der Waals surface area (Å²) in [7, 11) is -4.15. The van der Waals surface area contributed by atoms with Crippen LogP contribution in [0.5, 0.6) is 0 Å². The van der Waals surface area contributed by atoms with Gasteiger partial charge in [0.1, 0.15) is 12.6 Å². The molecule has 3 aromatic rings. The highest BCUT2D eigenvalue weighted by Gasteiger charge is 2.33. The molecule has 10 heteroatoms. The Bertz CT molecular complexity index is 1410. The number of nitrogens with zero attached hydrogens (tertiary/aromatic N) is 2. The number of carbonyl (C=O) groups excluding carboxylic acids is 2. The summed E-state index contributed by atoms with van der Waals surface area (Å²) in [6.45, 7) is 7.49. The number of carbonyl (C=O) groups is 2. The molecule has 0 saturated heterocycles. The normalized spacial score (nSPS) is 12.2. The molecule has 0 radical (unpaired) electrons. The molecule has 0 aromatic heterocycles. The Balaban J connectivity index is 2.02. The third-order valence-electron chi connectivity index (χ3n) is 6.16. The van der Waals surface area contributed by atoms with Crippen LogP contribution in [0.3, 0.4) is 0 Å². The van der Waals surface area contributed by atoms with E-state index in [1.54, 1.807) is 38.1 Å². The van der Waals surface area contributed by atoms with Crippen molar-refractivity contribution in [3.05, 3.63) is 93.4 Å². The van der Waals surface area contributed by atoms with Gasteiger partial charge in [-0.2, -0.15) is 0 Å². The van der Waals surface area contributed by atoms with Crippen molar-refractivity contribution in [3.8, 4) is 0 Å². The van der Waals surface area contributed by atoms with E-state index in [2.05, 4.69) is 21.2 Å². The van der Waals surface area contributed by atoms with E-state index in [1.807, 2.05) is 38.1 Å². The zero-order valence-electron chi connectivity index (χ0n) is 22.4. The molecule has 39 heavy (non-hydrogen) atoms. The van der Waals surface area contributed by atoms with E-state index in [1.165, 1.54) is 29.2 Å². The number of aryl methyl sites for hydroxylation is 1. The molecule has 0 saturated carbocycles. The number of rotatable bonds is 11. The lowest BCUT2D eigenvalue weighted by molar-refractivity contribution is -0.139. The molecule has 0 spiro atoms. The van der Waals surface area contributed by atoms with E-state index >= 15 is 0 Å². The average Bonchev–Trinajstić information content (AvgIpc) is 2.89. The van der Waals surface area contributed by atoms with Crippen LogP contribution in [0.1, 0.15) is 31.9 Å². The van der Waals surface area contributed by atoms with E-state index in [9.17, 15) is 18.0 Å². The smallest absolute Gasteiger partial charge is 0.264 e. The molecule has 0 unspecified atom stereocenters. The van der Waals surface area contributed by atoms with Gasteiger partial charge in [-0.25, -0.2) is 8.42 Å². The fraction of sp³-hybridized carbons (Fsp3) is 0.310. The maximum atomic E-state index is 14.0. The van der Waals surface area contributed by atoms with Crippen molar-refractivity contribution in [1.82, 2.24) is 10.2 Å². The number of hydrogen-bond acceptors (Lipinski definition) is 4. The van der Waals surface area contributed by atoms with Gasteiger partial charge in [0.05, 0.1) is 10.6 Å². The van der Waals surface area contributed by atoms with Gasteiger partial charge in [-0.05, 0) is 73.4 Å². The Morgan fingerprint density at radius 1 is 0.974 bits per heavy atom. The molecule has 0 heterocycles. The highest BCUT2D eigenvalue weighted by atomic mass is 79.9. The van der Waals surface area contributed by atoms with Crippen LogP contribution < -0.4 is 9.62 Å². The number of para-hydroxylation sites is 1. The van der Waals surface area contributed by atoms with Gasteiger partial charge in [0.25, 0.3) is 10.0 Å². The van der Waals surface area contributed by atoms with Crippen LogP contribution in [0.15, 0.2) is 82.2 Å². The summed E-state index contributed by atoms with van der Waals surface area (Å²) in [6, 6.07) is 19.4. The second kappa shape index (κ2) is 13.5. The number of amides is 2. The van der Waals surface area contributed by atoms with Crippen molar-refractivity contribution in [2.45, 2.75) is 45.2 Å². The second-order valence-electron chi connectivity index (χ2n) is 9.72. The zero-order chi connectivity index (χ0) is 28.7. The summed E-state index contributed by atoms with van der Waals surface area (Å²) < 4.78 is 29.7. The van der Waals surface area contributed by atoms with Crippen molar-refractivity contribution in [2.24, 2.45) is 5.92 Å². The minimum absolute atomic E-state index is 0.00391. The van der Waals surface area contributed by atoms with Crippen molar-refractivity contribution < 1.29 is 18.0 Å². The van der Waals surface area contributed by atoms with E-state index in [-0.39, 0.29) is 23.3 Å². The summed E-state index contributed by atoms with van der Waals surface area (Å²) in [6.07, 6.45) is 0. The van der Waals surface area contributed by atoms with E-state index in [0.29, 0.717) is 22.8 Å². The van der Waals surface area contributed by atoms with Gasteiger partial charge in [-0.3, -0.25) is 13.9 Å². The number of nitrogens with one attached hydrogen (secondary N) is 1. The molecule has 1 N–H and O–H groups in total. The maximum absolute atomic E-state index is 14.0. The van der Waals surface area contributed by atoms with Crippen LogP contribution in [-0.4, -0.2) is 44.3 Å². The molecule has 0 aliphatic carbocycles. The maximum Gasteiger partial charge on any atom is 0.264 e. The number of halogens is 2.